The van der Waals surface area contributed by atoms with Gasteiger partial charge in [-0.25, -0.2) is 13.8 Å². The van der Waals surface area contributed by atoms with E-state index in [1.807, 2.05) is 0 Å². The molecular formula is C7H8N2O3S. The molecule has 0 aromatic carbocycles. The molecule has 1 N–H and O–H groups in total. The molecule has 0 fully saturated rings. The smallest absolute Gasteiger partial charge is 0.342 e. The standard InChI is InChI=1S/C7H8N2O3S/c1-2-5-8-3-4(7(11)12)6(10)9(5)13/h3,13H,2H2,1H3,(H,11,12). The molecule has 1 aromatic rings. The average Bonchev–Trinajstić information content (AvgIpc) is 2.09. The molecule has 0 saturated carbocycles. The van der Waals surface area contributed by atoms with Gasteiger partial charge in [-0.15, -0.1) is 0 Å². The summed E-state index contributed by atoms with van der Waals surface area (Å²) in [6.45, 7) is 1.80. The lowest BCUT2D eigenvalue weighted by Crippen LogP contribution is -2.25. The molecule has 0 radical (unpaired) electrons. The van der Waals surface area contributed by atoms with Gasteiger partial charge in [0.25, 0.3) is 5.56 Å². The van der Waals surface area contributed by atoms with Crippen molar-refractivity contribution in [1.82, 2.24) is 8.96 Å². The van der Waals surface area contributed by atoms with E-state index in [1.165, 1.54) is 0 Å². The summed E-state index contributed by atoms with van der Waals surface area (Å²) in [4.78, 5) is 25.5. The normalized spacial score (nSPS) is 10.0. The van der Waals surface area contributed by atoms with Gasteiger partial charge in [-0.2, -0.15) is 0 Å². The summed E-state index contributed by atoms with van der Waals surface area (Å²) in [6.07, 6.45) is 1.58. The van der Waals surface area contributed by atoms with Crippen LogP contribution in [0.4, 0.5) is 0 Å². The van der Waals surface area contributed by atoms with E-state index in [-0.39, 0.29) is 5.56 Å². The molecule has 0 saturated heterocycles. The first-order valence-electron chi connectivity index (χ1n) is 3.61. The number of nitrogens with zero attached hydrogens (tertiary/aromatic N) is 2. The van der Waals surface area contributed by atoms with E-state index in [1.54, 1.807) is 6.92 Å². The molecule has 1 heterocycles. The number of thiol groups is 1. The SMILES string of the molecule is CCc1ncc(C(=O)O)c(=O)n1S. The molecule has 13 heavy (non-hydrogen) atoms. The first-order chi connectivity index (χ1) is 6.07. The van der Waals surface area contributed by atoms with Crippen molar-refractivity contribution in [2.75, 3.05) is 0 Å². The Balaban J connectivity index is 3.40. The minimum Gasteiger partial charge on any atom is -0.477 e. The van der Waals surface area contributed by atoms with Crippen LogP contribution in [0.2, 0.25) is 0 Å². The first-order valence-corrected chi connectivity index (χ1v) is 4.01. The van der Waals surface area contributed by atoms with Crippen LogP contribution in [0.25, 0.3) is 0 Å². The Morgan fingerprint density at radius 2 is 2.38 bits per heavy atom. The minimum absolute atomic E-state index is 0.368. The van der Waals surface area contributed by atoms with Crippen molar-refractivity contribution in [2.24, 2.45) is 0 Å². The van der Waals surface area contributed by atoms with Gasteiger partial charge in [-0.05, 0) is 0 Å². The number of carboxylic acids is 1. The number of aryl methyl sites for hydroxylation is 1. The second kappa shape index (κ2) is 3.61. The van der Waals surface area contributed by atoms with Crippen molar-refractivity contribution in [1.29, 1.82) is 0 Å². The van der Waals surface area contributed by atoms with E-state index in [0.717, 1.165) is 10.2 Å². The van der Waals surface area contributed by atoms with E-state index in [4.69, 9.17) is 5.11 Å². The largest absolute Gasteiger partial charge is 0.477 e. The van der Waals surface area contributed by atoms with Crippen molar-refractivity contribution in [3.63, 3.8) is 0 Å². The van der Waals surface area contributed by atoms with Gasteiger partial charge < -0.3 is 5.11 Å². The molecule has 0 aliphatic heterocycles. The Hall–Kier alpha value is -1.30. The van der Waals surface area contributed by atoms with Gasteiger partial charge in [0, 0.05) is 12.6 Å². The second-order valence-electron chi connectivity index (χ2n) is 2.36. The number of aromatic carboxylic acids is 1. The molecule has 70 valence electrons. The molecule has 0 aliphatic carbocycles. The van der Waals surface area contributed by atoms with Gasteiger partial charge in [-0.1, -0.05) is 19.7 Å². The topological polar surface area (TPSA) is 72.2 Å². The molecule has 0 atom stereocenters. The first kappa shape index (κ1) is 9.79. The maximum absolute atomic E-state index is 11.3. The molecule has 0 aliphatic rings. The molecule has 1 rings (SSSR count). The highest BCUT2D eigenvalue weighted by Gasteiger charge is 2.12. The fraction of sp³-hybridized carbons (Fsp3) is 0.286. The third kappa shape index (κ3) is 1.72. The van der Waals surface area contributed by atoms with Crippen LogP contribution in [0.1, 0.15) is 23.1 Å². The Kier molecular flexibility index (Phi) is 2.72. The lowest BCUT2D eigenvalue weighted by Gasteiger charge is -2.03. The van der Waals surface area contributed by atoms with Crippen LogP contribution in [0.5, 0.6) is 0 Å². The summed E-state index contributed by atoms with van der Waals surface area (Å²) in [6, 6.07) is 0. The van der Waals surface area contributed by atoms with E-state index in [0.29, 0.717) is 12.2 Å². The van der Waals surface area contributed by atoms with E-state index in [2.05, 4.69) is 17.8 Å². The zero-order chi connectivity index (χ0) is 10.0. The Morgan fingerprint density at radius 3 is 2.85 bits per heavy atom. The van der Waals surface area contributed by atoms with Gasteiger partial charge >= 0.3 is 5.97 Å². The van der Waals surface area contributed by atoms with Crippen molar-refractivity contribution in [3.8, 4) is 0 Å². The van der Waals surface area contributed by atoms with Crippen LogP contribution >= 0.6 is 12.8 Å². The lowest BCUT2D eigenvalue weighted by molar-refractivity contribution is 0.0694. The predicted molar refractivity (Wildman–Crippen MR) is 49.2 cm³/mol. The molecule has 0 amide bonds. The van der Waals surface area contributed by atoms with Crippen LogP contribution < -0.4 is 5.56 Å². The summed E-state index contributed by atoms with van der Waals surface area (Å²) in [5.74, 6) is -0.846. The summed E-state index contributed by atoms with van der Waals surface area (Å²) in [7, 11) is 0. The van der Waals surface area contributed by atoms with Gasteiger partial charge in [-0.3, -0.25) is 4.79 Å². The number of hydrogen-bond acceptors (Lipinski definition) is 4. The fourth-order valence-electron chi connectivity index (χ4n) is 0.868. The summed E-state index contributed by atoms with van der Waals surface area (Å²) >= 11 is 3.83. The zero-order valence-electron chi connectivity index (χ0n) is 6.89. The summed E-state index contributed by atoms with van der Waals surface area (Å²) < 4.78 is 0.948. The van der Waals surface area contributed by atoms with Crippen molar-refractivity contribution in [3.05, 3.63) is 27.9 Å². The second-order valence-corrected chi connectivity index (χ2v) is 2.76. The van der Waals surface area contributed by atoms with E-state index >= 15 is 0 Å². The molecule has 0 unspecified atom stereocenters. The molecule has 0 spiro atoms. The van der Waals surface area contributed by atoms with Crippen molar-refractivity contribution in [2.45, 2.75) is 13.3 Å². The van der Waals surface area contributed by atoms with Crippen LogP contribution in [0, 0.1) is 0 Å². The third-order valence-electron chi connectivity index (χ3n) is 1.56. The number of hydrogen-bond donors (Lipinski definition) is 2. The molecular weight excluding hydrogens is 192 g/mol. The lowest BCUT2D eigenvalue weighted by atomic mass is 10.3. The molecule has 0 bridgehead atoms. The van der Waals surface area contributed by atoms with Gasteiger partial charge in [0.15, 0.2) is 0 Å². The quantitative estimate of drug-likeness (QED) is 0.669. The highest BCUT2D eigenvalue weighted by atomic mass is 32.1. The molecule has 5 nitrogen and oxygen atoms in total. The number of aromatic nitrogens is 2. The van der Waals surface area contributed by atoms with Gasteiger partial charge in [0.1, 0.15) is 11.4 Å². The van der Waals surface area contributed by atoms with E-state index in [9.17, 15) is 9.59 Å². The van der Waals surface area contributed by atoms with Crippen LogP contribution in [-0.4, -0.2) is 20.0 Å². The third-order valence-corrected chi connectivity index (χ3v) is 1.97. The van der Waals surface area contributed by atoms with Crippen molar-refractivity contribution >= 4 is 18.8 Å². The van der Waals surface area contributed by atoms with Gasteiger partial charge in [0.05, 0.1) is 0 Å². The predicted octanol–water partition coefficient (Wildman–Crippen LogP) is 0.197. The van der Waals surface area contributed by atoms with Gasteiger partial charge in [0.2, 0.25) is 0 Å². The Bertz CT molecular complexity index is 399. The Labute approximate surface area is 79.6 Å². The fourth-order valence-corrected chi connectivity index (χ4v) is 1.17. The van der Waals surface area contributed by atoms with Crippen LogP contribution in [0.3, 0.4) is 0 Å². The van der Waals surface area contributed by atoms with Crippen LogP contribution in [-0.2, 0) is 6.42 Å². The minimum atomic E-state index is -1.29. The highest BCUT2D eigenvalue weighted by Crippen LogP contribution is 1.97. The Morgan fingerprint density at radius 1 is 1.77 bits per heavy atom. The monoisotopic (exact) mass is 200 g/mol. The van der Waals surface area contributed by atoms with E-state index < -0.39 is 11.5 Å². The zero-order valence-corrected chi connectivity index (χ0v) is 7.78. The molecule has 1 aromatic heterocycles. The number of rotatable bonds is 2. The maximum atomic E-state index is 11.3. The summed E-state index contributed by atoms with van der Waals surface area (Å²) in [5.41, 5.74) is -1.02. The number of carbonyl (C=O) groups is 1. The van der Waals surface area contributed by atoms with Crippen molar-refractivity contribution < 1.29 is 9.90 Å². The number of carboxylic acid groups (broad SMARTS) is 1. The van der Waals surface area contributed by atoms with Crippen LogP contribution in [0.15, 0.2) is 11.0 Å². The highest BCUT2D eigenvalue weighted by molar-refractivity contribution is 7.78. The average molecular weight is 200 g/mol. The summed E-state index contributed by atoms with van der Waals surface area (Å²) in [5, 5.41) is 8.57. The maximum Gasteiger partial charge on any atom is 0.342 e. The molecule has 6 heteroatoms.